The third-order valence-electron chi connectivity index (χ3n) is 3.93. The number of aromatic nitrogens is 1. The molecule has 8 nitrogen and oxygen atoms in total. The van der Waals surface area contributed by atoms with Crippen molar-refractivity contribution in [1.29, 1.82) is 5.26 Å². The van der Waals surface area contributed by atoms with Crippen LogP contribution in [0.3, 0.4) is 0 Å². The minimum Gasteiger partial charge on any atom is -0.395 e. The van der Waals surface area contributed by atoms with Crippen LogP contribution >= 0.6 is 11.3 Å². The monoisotopic (exact) mass is 383 g/mol. The molecule has 0 spiro atoms. The Morgan fingerprint density at radius 1 is 1.26 bits per heavy atom. The highest BCUT2D eigenvalue weighted by molar-refractivity contribution is 7.22. The van der Waals surface area contributed by atoms with E-state index in [1.54, 1.807) is 6.07 Å². The average molecular weight is 383 g/mol. The third kappa shape index (κ3) is 4.49. The fraction of sp³-hybridized carbons (Fsp3) is 0.222. The Bertz CT molecular complexity index is 981. The van der Waals surface area contributed by atoms with Crippen molar-refractivity contribution >= 4 is 43.7 Å². The summed E-state index contributed by atoms with van der Waals surface area (Å²) in [5, 5.41) is 32.7. The van der Waals surface area contributed by atoms with Crippen LogP contribution < -0.4 is 10.2 Å². The van der Waals surface area contributed by atoms with Gasteiger partial charge in [0, 0.05) is 36.6 Å². The van der Waals surface area contributed by atoms with Gasteiger partial charge in [-0.2, -0.15) is 5.26 Å². The number of nitro groups is 1. The molecule has 2 N–H and O–H groups in total. The molecule has 0 atom stereocenters. The number of anilines is 3. The van der Waals surface area contributed by atoms with Crippen LogP contribution in [-0.2, 0) is 0 Å². The van der Waals surface area contributed by atoms with Crippen LogP contribution in [0.2, 0.25) is 0 Å². The number of nitro benzene ring substituents is 1. The topological polar surface area (TPSA) is 115 Å². The first kappa shape index (κ1) is 18.6. The number of nitriles is 1. The zero-order chi connectivity index (χ0) is 19.2. The minimum atomic E-state index is -0.421. The molecule has 0 amide bonds. The number of nitrogens with one attached hydrogen (secondary N) is 1. The Kier molecular flexibility index (Phi) is 5.80. The molecule has 2 aromatic carbocycles. The van der Waals surface area contributed by atoms with Crippen molar-refractivity contribution in [2.24, 2.45) is 0 Å². The fourth-order valence-corrected chi connectivity index (χ4v) is 3.55. The van der Waals surface area contributed by atoms with Gasteiger partial charge in [0.2, 0.25) is 0 Å². The van der Waals surface area contributed by atoms with Gasteiger partial charge in [-0.3, -0.25) is 10.1 Å². The van der Waals surface area contributed by atoms with Gasteiger partial charge in [0.05, 0.1) is 34.2 Å². The molecule has 0 aliphatic heterocycles. The highest BCUT2D eigenvalue weighted by Crippen LogP contribution is 2.31. The first-order valence-electron chi connectivity index (χ1n) is 8.25. The number of aliphatic hydroxyl groups is 1. The molecule has 0 aliphatic rings. The normalized spacial score (nSPS) is 10.5. The lowest BCUT2D eigenvalue weighted by atomic mass is 10.2. The van der Waals surface area contributed by atoms with E-state index in [1.807, 2.05) is 29.2 Å². The van der Waals surface area contributed by atoms with Crippen LogP contribution in [0.15, 0.2) is 42.5 Å². The molecular formula is C18H17N5O3S. The van der Waals surface area contributed by atoms with E-state index >= 15 is 0 Å². The number of nitrogens with zero attached hydrogens (tertiary/aromatic N) is 4. The maximum Gasteiger partial charge on any atom is 0.270 e. The molecule has 0 saturated carbocycles. The lowest BCUT2D eigenvalue weighted by Crippen LogP contribution is -2.27. The number of fused-ring (bicyclic) bond motifs is 1. The lowest BCUT2D eigenvalue weighted by Gasteiger charge is -2.23. The van der Waals surface area contributed by atoms with Crippen LogP contribution in [0.1, 0.15) is 6.42 Å². The Morgan fingerprint density at radius 2 is 2.04 bits per heavy atom. The lowest BCUT2D eigenvalue weighted by molar-refractivity contribution is -0.384. The van der Waals surface area contributed by atoms with Gasteiger partial charge >= 0.3 is 0 Å². The van der Waals surface area contributed by atoms with Gasteiger partial charge in [0.1, 0.15) is 0 Å². The van der Waals surface area contributed by atoms with Gasteiger partial charge in [-0.25, -0.2) is 4.98 Å². The first-order valence-corrected chi connectivity index (χ1v) is 9.07. The second-order valence-corrected chi connectivity index (χ2v) is 6.75. The second kappa shape index (κ2) is 8.44. The molecule has 0 saturated heterocycles. The average Bonchev–Trinajstić information content (AvgIpc) is 3.07. The summed E-state index contributed by atoms with van der Waals surface area (Å²) < 4.78 is 0.744. The summed E-state index contributed by atoms with van der Waals surface area (Å²) in [6.07, 6.45) is 0.387. The molecule has 0 unspecified atom stereocenters. The maximum atomic E-state index is 10.9. The van der Waals surface area contributed by atoms with E-state index in [2.05, 4.69) is 16.4 Å². The zero-order valence-corrected chi connectivity index (χ0v) is 15.1. The first-order chi connectivity index (χ1) is 13.1. The molecule has 0 fully saturated rings. The van der Waals surface area contributed by atoms with Crippen molar-refractivity contribution in [2.45, 2.75) is 6.42 Å². The van der Waals surface area contributed by atoms with Gasteiger partial charge in [-0.15, -0.1) is 0 Å². The van der Waals surface area contributed by atoms with Crippen molar-refractivity contribution in [3.05, 3.63) is 52.6 Å². The Labute approximate surface area is 159 Å². The standard InChI is InChI=1S/C18H17N5O3S/c19-8-1-9-22(10-11-24)14-4-2-13(3-5-14)20-18-21-16-7-6-15(23(25)26)12-17(16)27-18/h2-7,12,24H,1,9-11H2,(H,20,21). The summed E-state index contributed by atoms with van der Waals surface area (Å²) in [7, 11) is 0. The fourth-order valence-electron chi connectivity index (χ4n) is 2.64. The quantitative estimate of drug-likeness (QED) is 0.450. The maximum absolute atomic E-state index is 10.9. The SMILES string of the molecule is N#CCCN(CCO)c1ccc(Nc2nc3ccc([N+](=O)[O-])cc3s2)cc1. The van der Waals surface area contributed by atoms with Gasteiger partial charge in [0.25, 0.3) is 5.69 Å². The largest absolute Gasteiger partial charge is 0.395 e. The number of thiazole rings is 1. The van der Waals surface area contributed by atoms with E-state index in [0.29, 0.717) is 30.2 Å². The predicted octanol–water partition coefficient (Wildman–Crippen LogP) is 3.66. The smallest absolute Gasteiger partial charge is 0.270 e. The Morgan fingerprint density at radius 3 is 2.70 bits per heavy atom. The summed E-state index contributed by atoms with van der Waals surface area (Å²) in [4.78, 5) is 16.8. The number of hydrogen-bond acceptors (Lipinski definition) is 8. The van der Waals surface area contributed by atoms with Crippen LogP contribution in [0.5, 0.6) is 0 Å². The van der Waals surface area contributed by atoms with Gasteiger partial charge in [-0.05, 0) is 30.3 Å². The molecule has 1 aromatic heterocycles. The molecule has 138 valence electrons. The van der Waals surface area contributed by atoms with Crippen molar-refractivity contribution in [2.75, 3.05) is 29.9 Å². The summed E-state index contributed by atoms with van der Waals surface area (Å²) >= 11 is 1.35. The van der Waals surface area contributed by atoms with E-state index in [1.165, 1.54) is 23.5 Å². The molecule has 27 heavy (non-hydrogen) atoms. The van der Waals surface area contributed by atoms with E-state index in [0.717, 1.165) is 16.1 Å². The summed E-state index contributed by atoms with van der Waals surface area (Å²) in [5.41, 5.74) is 2.50. The van der Waals surface area contributed by atoms with E-state index in [4.69, 9.17) is 5.26 Å². The van der Waals surface area contributed by atoms with Gasteiger partial charge in [-0.1, -0.05) is 11.3 Å². The van der Waals surface area contributed by atoms with E-state index in [9.17, 15) is 15.2 Å². The third-order valence-corrected chi connectivity index (χ3v) is 4.86. The number of benzene rings is 2. The van der Waals surface area contributed by atoms with Gasteiger partial charge < -0.3 is 15.3 Å². The molecule has 0 radical (unpaired) electrons. The van der Waals surface area contributed by atoms with Crippen LogP contribution in [0, 0.1) is 21.4 Å². The van der Waals surface area contributed by atoms with Crippen molar-refractivity contribution in [1.82, 2.24) is 4.98 Å². The van der Waals surface area contributed by atoms with Crippen LogP contribution in [0.4, 0.5) is 22.2 Å². The summed E-state index contributed by atoms with van der Waals surface area (Å²) in [5.74, 6) is 0. The second-order valence-electron chi connectivity index (χ2n) is 5.72. The molecule has 9 heteroatoms. The van der Waals surface area contributed by atoms with Crippen LogP contribution in [-0.4, -0.2) is 34.7 Å². The number of non-ortho nitro benzene ring substituents is 1. The molecule has 0 bridgehead atoms. The highest BCUT2D eigenvalue weighted by atomic mass is 32.1. The number of rotatable bonds is 8. The highest BCUT2D eigenvalue weighted by Gasteiger charge is 2.11. The van der Waals surface area contributed by atoms with Gasteiger partial charge in [0.15, 0.2) is 5.13 Å². The van der Waals surface area contributed by atoms with E-state index < -0.39 is 4.92 Å². The summed E-state index contributed by atoms with van der Waals surface area (Å²) in [6.45, 7) is 1.04. The van der Waals surface area contributed by atoms with Crippen molar-refractivity contribution in [3.8, 4) is 6.07 Å². The van der Waals surface area contributed by atoms with Crippen molar-refractivity contribution in [3.63, 3.8) is 0 Å². The Balaban J connectivity index is 1.75. The molecular weight excluding hydrogens is 366 g/mol. The molecule has 0 aliphatic carbocycles. The molecule has 3 rings (SSSR count). The summed E-state index contributed by atoms with van der Waals surface area (Å²) in [6, 6.07) is 14.3. The predicted molar refractivity (Wildman–Crippen MR) is 106 cm³/mol. The number of hydrogen-bond donors (Lipinski definition) is 2. The molecule has 3 aromatic rings. The zero-order valence-electron chi connectivity index (χ0n) is 14.3. The number of aliphatic hydroxyl groups excluding tert-OH is 1. The molecule has 1 heterocycles. The van der Waals surface area contributed by atoms with E-state index in [-0.39, 0.29) is 12.3 Å². The Hall–Kier alpha value is -3.22. The van der Waals surface area contributed by atoms with Crippen molar-refractivity contribution < 1.29 is 10.0 Å². The van der Waals surface area contributed by atoms with Crippen LogP contribution in [0.25, 0.3) is 10.2 Å². The minimum absolute atomic E-state index is 0.0171.